The van der Waals surface area contributed by atoms with Crippen LogP contribution in [0.25, 0.3) is 11.5 Å². The molecule has 2 aromatic rings. The number of alkyl halides is 1. The van der Waals surface area contributed by atoms with Gasteiger partial charge in [0, 0.05) is 11.1 Å². The summed E-state index contributed by atoms with van der Waals surface area (Å²) in [5.74, 6) is 0.295. The lowest BCUT2D eigenvalue weighted by Crippen LogP contribution is -1.92. The normalized spacial score (nSPS) is 10.5. The lowest BCUT2D eigenvalue weighted by Gasteiger charge is -1.98. The maximum atomic E-state index is 10.9. The van der Waals surface area contributed by atoms with Crippen molar-refractivity contribution < 1.29 is 9.34 Å². The topological polar surface area (TPSA) is 82.1 Å². The van der Waals surface area contributed by atoms with Crippen LogP contribution in [0.2, 0.25) is 5.02 Å². The molecule has 0 aliphatic carbocycles. The quantitative estimate of drug-likeness (QED) is 0.488. The zero-order valence-corrected chi connectivity index (χ0v) is 9.77. The highest BCUT2D eigenvalue weighted by atomic mass is 35.5. The molecule has 0 radical (unpaired) electrons. The number of rotatable bonds is 3. The Hall–Kier alpha value is -1.66. The van der Waals surface area contributed by atoms with Crippen molar-refractivity contribution in [1.82, 2.24) is 10.2 Å². The third kappa shape index (κ3) is 2.37. The molecule has 2 rings (SSSR count). The fraction of sp³-hybridized carbons (Fsp3) is 0.111. The maximum Gasteiger partial charge on any atom is 0.283 e. The Bertz CT molecular complexity index is 570. The lowest BCUT2D eigenvalue weighted by molar-refractivity contribution is -0.384. The van der Waals surface area contributed by atoms with Gasteiger partial charge in [-0.3, -0.25) is 10.1 Å². The summed E-state index contributed by atoms with van der Waals surface area (Å²) >= 11 is 11.2. The molecule has 0 spiro atoms. The van der Waals surface area contributed by atoms with Crippen LogP contribution >= 0.6 is 23.2 Å². The third-order valence-electron chi connectivity index (χ3n) is 1.97. The molecule has 8 heteroatoms. The molecule has 1 heterocycles. The Labute approximate surface area is 105 Å². The minimum absolute atomic E-state index is 0.0454. The predicted molar refractivity (Wildman–Crippen MR) is 61.0 cm³/mol. The van der Waals surface area contributed by atoms with Crippen molar-refractivity contribution >= 4 is 28.9 Å². The number of aromatic nitrogens is 2. The Morgan fingerprint density at radius 3 is 2.76 bits per heavy atom. The van der Waals surface area contributed by atoms with Crippen molar-refractivity contribution in [3.63, 3.8) is 0 Å². The predicted octanol–water partition coefficient (Wildman–Crippen LogP) is 3.04. The number of hydrogen-bond donors (Lipinski definition) is 0. The van der Waals surface area contributed by atoms with E-state index < -0.39 is 4.92 Å². The van der Waals surface area contributed by atoms with Crippen LogP contribution in [0.3, 0.4) is 0 Å². The molecule has 0 aliphatic rings. The SMILES string of the molecule is O=[N+]([O-])c1cc(Cl)ccc1-c1nnc(CCl)o1. The molecule has 0 atom stereocenters. The summed E-state index contributed by atoms with van der Waals surface area (Å²) in [6, 6.07) is 4.18. The summed E-state index contributed by atoms with van der Waals surface area (Å²) in [5.41, 5.74) is 0.0190. The number of nitro groups is 1. The van der Waals surface area contributed by atoms with Crippen LogP contribution in [0, 0.1) is 10.1 Å². The first-order valence-corrected chi connectivity index (χ1v) is 5.35. The smallest absolute Gasteiger partial charge is 0.283 e. The fourth-order valence-electron chi connectivity index (χ4n) is 1.25. The molecule has 0 saturated heterocycles. The van der Waals surface area contributed by atoms with Gasteiger partial charge < -0.3 is 4.42 Å². The summed E-state index contributed by atoms with van der Waals surface area (Å²) in [7, 11) is 0. The standard InChI is InChI=1S/C9H5Cl2N3O3/c10-4-8-12-13-9(17-8)6-2-1-5(11)3-7(6)14(15)16/h1-3H,4H2. The second-order valence-electron chi connectivity index (χ2n) is 3.05. The Morgan fingerprint density at radius 1 is 1.41 bits per heavy atom. The van der Waals surface area contributed by atoms with Gasteiger partial charge in [0.05, 0.1) is 4.92 Å². The number of halogens is 2. The van der Waals surface area contributed by atoms with E-state index in [-0.39, 0.29) is 33.9 Å². The van der Waals surface area contributed by atoms with Crippen molar-refractivity contribution in [1.29, 1.82) is 0 Å². The van der Waals surface area contributed by atoms with Gasteiger partial charge in [-0.05, 0) is 12.1 Å². The molecule has 0 aliphatic heterocycles. The zero-order valence-electron chi connectivity index (χ0n) is 8.26. The lowest BCUT2D eigenvalue weighted by atomic mass is 10.2. The van der Waals surface area contributed by atoms with Crippen LogP contribution in [-0.4, -0.2) is 15.1 Å². The molecule has 17 heavy (non-hydrogen) atoms. The summed E-state index contributed by atoms with van der Waals surface area (Å²) in [6.07, 6.45) is 0. The summed E-state index contributed by atoms with van der Waals surface area (Å²) < 4.78 is 5.15. The van der Waals surface area contributed by atoms with Crippen LogP contribution in [0.1, 0.15) is 5.89 Å². The number of nitro benzene ring substituents is 1. The van der Waals surface area contributed by atoms with Gasteiger partial charge in [-0.15, -0.1) is 21.8 Å². The van der Waals surface area contributed by atoms with Gasteiger partial charge in [0.1, 0.15) is 11.4 Å². The molecule has 0 saturated carbocycles. The Balaban J connectivity index is 2.54. The minimum atomic E-state index is -0.564. The first kappa shape index (κ1) is 11.8. The van der Waals surface area contributed by atoms with Crippen LogP contribution in [0.5, 0.6) is 0 Å². The average Bonchev–Trinajstić information content (AvgIpc) is 2.77. The highest BCUT2D eigenvalue weighted by Gasteiger charge is 2.20. The maximum absolute atomic E-state index is 10.9. The number of nitrogens with zero attached hydrogens (tertiary/aromatic N) is 3. The second-order valence-corrected chi connectivity index (χ2v) is 3.76. The van der Waals surface area contributed by atoms with E-state index in [1.165, 1.54) is 18.2 Å². The zero-order chi connectivity index (χ0) is 12.4. The van der Waals surface area contributed by atoms with Gasteiger partial charge in [-0.1, -0.05) is 11.6 Å². The van der Waals surface area contributed by atoms with E-state index in [0.29, 0.717) is 0 Å². The van der Waals surface area contributed by atoms with E-state index in [1.807, 2.05) is 0 Å². The minimum Gasteiger partial charge on any atom is -0.419 e. The van der Waals surface area contributed by atoms with Crippen molar-refractivity contribution in [3.05, 3.63) is 39.2 Å². The summed E-state index contributed by atoms with van der Waals surface area (Å²) in [5, 5.41) is 18.4. The number of benzene rings is 1. The van der Waals surface area contributed by atoms with Crippen LogP contribution in [0.4, 0.5) is 5.69 Å². The van der Waals surface area contributed by atoms with Crippen molar-refractivity contribution in [2.24, 2.45) is 0 Å². The van der Waals surface area contributed by atoms with E-state index in [4.69, 9.17) is 27.6 Å². The monoisotopic (exact) mass is 273 g/mol. The molecule has 0 unspecified atom stereocenters. The molecular weight excluding hydrogens is 269 g/mol. The summed E-state index contributed by atoms with van der Waals surface area (Å²) in [4.78, 5) is 10.3. The Kier molecular flexibility index (Phi) is 3.26. The molecule has 0 N–H and O–H groups in total. The first-order valence-electron chi connectivity index (χ1n) is 4.44. The molecule has 1 aromatic heterocycles. The molecule has 88 valence electrons. The van der Waals surface area contributed by atoms with Crippen molar-refractivity contribution in [2.75, 3.05) is 0 Å². The average molecular weight is 274 g/mol. The van der Waals surface area contributed by atoms with Gasteiger partial charge >= 0.3 is 0 Å². The van der Waals surface area contributed by atoms with E-state index in [2.05, 4.69) is 10.2 Å². The van der Waals surface area contributed by atoms with Gasteiger partial charge in [0.15, 0.2) is 0 Å². The molecule has 0 bridgehead atoms. The highest BCUT2D eigenvalue weighted by Crippen LogP contribution is 2.31. The highest BCUT2D eigenvalue weighted by molar-refractivity contribution is 6.30. The molecule has 0 amide bonds. The van der Waals surface area contributed by atoms with Gasteiger partial charge in [-0.25, -0.2) is 0 Å². The van der Waals surface area contributed by atoms with Crippen LogP contribution in [-0.2, 0) is 5.88 Å². The molecule has 0 fully saturated rings. The van der Waals surface area contributed by atoms with Crippen LogP contribution in [0.15, 0.2) is 22.6 Å². The van der Waals surface area contributed by atoms with Crippen LogP contribution < -0.4 is 0 Å². The van der Waals surface area contributed by atoms with E-state index in [1.54, 1.807) is 0 Å². The number of hydrogen-bond acceptors (Lipinski definition) is 5. The largest absolute Gasteiger partial charge is 0.419 e. The fourth-order valence-corrected chi connectivity index (χ4v) is 1.53. The van der Waals surface area contributed by atoms with Gasteiger partial charge in [0.25, 0.3) is 11.6 Å². The molecular formula is C9H5Cl2N3O3. The third-order valence-corrected chi connectivity index (χ3v) is 2.43. The van der Waals surface area contributed by atoms with Gasteiger partial charge in [0.2, 0.25) is 5.89 Å². The van der Waals surface area contributed by atoms with Crippen molar-refractivity contribution in [2.45, 2.75) is 5.88 Å². The molecule has 1 aromatic carbocycles. The summed E-state index contributed by atoms with van der Waals surface area (Å²) in [6.45, 7) is 0. The van der Waals surface area contributed by atoms with E-state index in [0.717, 1.165) is 0 Å². The second kappa shape index (κ2) is 4.68. The Morgan fingerprint density at radius 2 is 2.18 bits per heavy atom. The molecule has 6 nitrogen and oxygen atoms in total. The van der Waals surface area contributed by atoms with Gasteiger partial charge in [-0.2, -0.15) is 0 Å². The van der Waals surface area contributed by atoms with E-state index in [9.17, 15) is 10.1 Å². The van der Waals surface area contributed by atoms with Crippen molar-refractivity contribution in [3.8, 4) is 11.5 Å². The van der Waals surface area contributed by atoms with E-state index >= 15 is 0 Å². The first-order chi connectivity index (χ1) is 8.11.